The number of ether oxygens (including phenoxy) is 1. The molecule has 1 N–H and O–H groups in total. The molecular formula is C23H25N3O2S. The zero-order valence-electron chi connectivity index (χ0n) is 16.7. The van der Waals surface area contributed by atoms with Crippen molar-refractivity contribution in [2.45, 2.75) is 19.9 Å². The number of hydrogen-bond donors (Lipinski definition) is 1. The molecule has 6 heteroatoms. The lowest BCUT2D eigenvalue weighted by Gasteiger charge is -2.35. The lowest BCUT2D eigenvalue weighted by molar-refractivity contribution is 0.0233. The van der Waals surface area contributed by atoms with E-state index in [1.54, 1.807) is 11.3 Å². The van der Waals surface area contributed by atoms with Gasteiger partial charge in [0.25, 0.3) is 5.91 Å². The van der Waals surface area contributed by atoms with Crippen LogP contribution in [0.2, 0.25) is 0 Å². The minimum absolute atomic E-state index is 0.0175. The number of nitrogens with zero attached hydrogens (tertiary/aromatic N) is 2. The van der Waals surface area contributed by atoms with Crippen LogP contribution in [0.25, 0.3) is 0 Å². The van der Waals surface area contributed by atoms with E-state index in [4.69, 9.17) is 4.74 Å². The third-order valence-corrected chi connectivity index (χ3v) is 6.49. The number of anilines is 1. The highest BCUT2D eigenvalue weighted by Gasteiger charge is 2.31. The number of carbonyl (C=O) groups is 1. The lowest BCUT2D eigenvalue weighted by atomic mass is 9.98. The van der Waals surface area contributed by atoms with Crippen molar-refractivity contribution in [3.05, 3.63) is 82.0 Å². The quantitative estimate of drug-likeness (QED) is 0.680. The van der Waals surface area contributed by atoms with Crippen LogP contribution in [0.3, 0.4) is 0 Å². The Bertz CT molecular complexity index is 967. The fourth-order valence-corrected chi connectivity index (χ4v) is 4.81. The van der Waals surface area contributed by atoms with Crippen LogP contribution in [0.15, 0.2) is 54.7 Å². The molecule has 0 unspecified atom stereocenters. The number of rotatable bonds is 5. The fraction of sp³-hybridized carbons (Fsp3) is 0.304. The molecule has 3 aromatic rings. The zero-order valence-corrected chi connectivity index (χ0v) is 17.5. The largest absolute Gasteiger partial charge is 0.379 e. The average molecular weight is 408 g/mol. The third-order valence-electron chi connectivity index (χ3n) is 5.35. The molecule has 5 nitrogen and oxygen atoms in total. The molecule has 0 aliphatic carbocycles. The van der Waals surface area contributed by atoms with Gasteiger partial charge in [-0.2, -0.15) is 0 Å². The van der Waals surface area contributed by atoms with Crippen molar-refractivity contribution in [2.24, 2.45) is 0 Å². The Labute approximate surface area is 175 Å². The van der Waals surface area contributed by atoms with Gasteiger partial charge in [-0.25, -0.2) is 0 Å². The second kappa shape index (κ2) is 8.86. The van der Waals surface area contributed by atoms with Crippen LogP contribution in [0.5, 0.6) is 0 Å². The smallest absolute Gasteiger partial charge is 0.256 e. The molecule has 1 amide bonds. The number of hydrogen-bond acceptors (Lipinski definition) is 5. The highest BCUT2D eigenvalue weighted by molar-refractivity contribution is 7.16. The van der Waals surface area contributed by atoms with Crippen LogP contribution < -0.4 is 5.32 Å². The number of benzene rings is 1. The summed E-state index contributed by atoms with van der Waals surface area (Å²) in [6.45, 7) is 7.32. The molecule has 1 saturated heterocycles. The maximum absolute atomic E-state index is 12.9. The molecule has 0 saturated carbocycles. The van der Waals surface area contributed by atoms with E-state index in [1.165, 1.54) is 10.4 Å². The first-order valence-electron chi connectivity index (χ1n) is 9.84. The van der Waals surface area contributed by atoms with Gasteiger partial charge in [0.15, 0.2) is 0 Å². The van der Waals surface area contributed by atoms with Gasteiger partial charge in [-0.15, -0.1) is 11.3 Å². The van der Waals surface area contributed by atoms with Crippen LogP contribution in [-0.2, 0) is 4.74 Å². The molecule has 4 rings (SSSR count). The summed E-state index contributed by atoms with van der Waals surface area (Å²) in [4.78, 5) is 21.1. The monoisotopic (exact) mass is 407 g/mol. The second-order valence-corrected chi connectivity index (χ2v) is 8.38. The number of amides is 1. The number of morpholine rings is 1. The van der Waals surface area contributed by atoms with E-state index in [9.17, 15) is 4.79 Å². The summed E-state index contributed by atoms with van der Waals surface area (Å²) in [6, 6.07) is 15.3. The maximum atomic E-state index is 12.9. The van der Waals surface area contributed by atoms with Gasteiger partial charge in [-0.05, 0) is 43.7 Å². The minimum Gasteiger partial charge on any atom is -0.379 e. The Hall–Kier alpha value is -2.54. The highest BCUT2D eigenvalue weighted by atomic mass is 32.1. The van der Waals surface area contributed by atoms with Gasteiger partial charge in [0, 0.05) is 35.3 Å². The minimum atomic E-state index is -0.0881. The number of nitrogens with one attached hydrogen (secondary N) is 1. The van der Waals surface area contributed by atoms with Gasteiger partial charge in [0.2, 0.25) is 0 Å². The standard InChI is InChI=1S/C23H25N3O2S/c1-16-17(2)29-23(25-22(27)18-8-4-3-5-9-18)20(16)21(19-10-6-7-11-24-19)26-12-14-28-15-13-26/h3-11,21H,12-15H2,1-2H3,(H,25,27)/t21-/m1/s1. The highest BCUT2D eigenvalue weighted by Crippen LogP contribution is 2.42. The van der Waals surface area contributed by atoms with Crippen molar-refractivity contribution in [3.63, 3.8) is 0 Å². The van der Waals surface area contributed by atoms with Crippen molar-refractivity contribution in [3.8, 4) is 0 Å². The van der Waals surface area contributed by atoms with Gasteiger partial charge >= 0.3 is 0 Å². The molecule has 0 radical (unpaired) electrons. The Morgan fingerprint density at radius 1 is 1.10 bits per heavy atom. The second-order valence-electron chi connectivity index (χ2n) is 7.15. The van der Waals surface area contributed by atoms with Gasteiger partial charge in [0.1, 0.15) is 5.00 Å². The third kappa shape index (κ3) is 4.24. The van der Waals surface area contributed by atoms with E-state index in [2.05, 4.69) is 35.1 Å². The lowest BCUT2D eigenvalue weighted by Crippen LogP contribution is -2.40. The number of aromatic nitrogens is 1. The maximum Gasteiger partial charge on any atom is 0.256 e. The van der Waals surface area contributed by atoms with E-state index in [1.807, 2.05) is 48.7 Å². The van der Waals surface area contributed by atoms with Gasteiger partial charge < -0.3 is 10.1 Å². The van der Waals surface area contributed by atoms with Gasteiger partial charge in [-0.1, -0.05) is 24.3 Å². The molecule has 29 heavy (non-hydrogen) atoms. The predicted molar refractivity (Wildman–Crippen MR) is 117 cm³/mol. The zero-order chi connectivity index (χ0) is 20.2. The Balaban J connectivity index is 1.75. The van der Waals surface area contributed by atoms with Crippen LogP contribution >= 0.6 is 11.3 Å². The summed E-state index contributed by atoms with van der Waals surface area (Å²) >= 11 is 1.63. The average Bonchev–Trinajstić information content (AvgIpc) is 3.04. The van der Waals surface area contributed by atoms with Crippen LogP contribution in [0.4, 0.5) is 5.00 Å². The first-order chi connectivity index (χ1) is 14.1. The Kier molecular flexibility index (Phi) is 6.04. The summed E-state index contributed by atoms with van der Waals surface area (Å²) in [7, 11) is 0. The fourth-order valence-electron chi connectivity index (χ4n) is 3.72. The summed E-state index contributed by atoms with van der Waals surface area (Å²) in [5, 5.41) is 4.07. The van der Waals surface area contributed by atoms with Crippen molar-refractivity contribution >= 4 is 22.2 Å². The van der Waals surface area contributed by atoms with Crippen LogP contribution in [0, 0.1) is 13.8 Å². The topological polar surface area (TPSA) is 54.5 Å². The van der Waals surface area contributed by atoms with Crippen molar-refractivity contribution < 1.29 is 9.53 Å². The van der Waals surface area contributed by atoms with E-state index in [0.717, 1.165) is 29.3 Å². The summed E-state index contributed by atoms with van der Waals surface area (Å²) in [6.07, 6.45) is 1.83. The predicted octanol–water partition coefficient (Wildman–Crippen LogP) is 4.43. The number of aryl methyl sites for hydroxylation is 1. The number of thiophene rings is 1. The number of carbonyl (C=O) groups excluding carboxylic acids is 1. The van der Waals surface area contributed by atoms with E-state index in [0.29, 0.717) is 18.8 Å². The Morgan fingerprint density at radius 2 is 1.83 bits per heavy atom. The molecule has 1 atom stereocenters. The van der Waals surface area contributed by atoms with Crippen molar-refractivity contribution in [1.29, 1.82) is 0 Å². The van der Waals surface area contributed by atoms with E-state index in [-0.39, 0.29) is 11.9 Å². The first-order valence-corrected chi connectivity index (χ1v) is 10.7. The molecule has 1 aromatic carbocycles. The first kappa shape index (κ1) is 19.8. The van der Waals surface area contributed by atoms with Crippen LogP contribution in [-0.4, -0.2) is 42.1 Å². The normalized spacial score (nSPS) is 15.8. The van der Waals surface area contributed by atoms with Gasteiger partial charge in [0.05, 0.1) is 24.9 Å². The van der Waals surface area contributed by atoms with E-state index < -0.39 is 0 Å². The molecule has 2 aromatic heterocycles. The Morgan fingerprint density at radius 3 is 2.52 bits per heavy atom. The van der Waals surface area contributed by atoms with Crippen molar-refractivity contribution in [2.75, 3.05) is 31.6 Å². The van der Waals surface area contributed by atoms with Gasteiger partial charge in [-0.3, -0.25) is 14.7 Å². The van der Waals surface area contributed by atoms with Crippen molar-refractivity contribution in [1.82, 2.24) is 9.88 Å². The molecule has 150 valence electrons. The molecule has 3 heterocycles. The molecular weight excluding hydrogens is 382 g/mol. The molecule has 0 bridgehead atoms. The molecule has 0 spiro atoms. The molecule has 1 aliphatic rings. The molecule has 1 fully saturated rings. The summed E-state index contributed by atoms with van der Waals surface area (Å²) in [5.74, 6) is -0.0881. The van der Waals surface area contributed by atoms with Crippen LogP contribution in [0.1, 0.15) is 38.1 Å². The SMILES string of the molecule is Cc1sc(NC(=O)c2ccccc2)c([C@@H](c2ccccn2)N2CCOCC2)c1C. The van der Waals surface area contributed by atoms with E-state index >= 15 is 0 Å². The number of pyridine rings is 1. The molecule has 1 aliphatic heterocycles. The summed E-state index contributed by atoms with van der Waals surface area (Å²) < 4.78 is 5.58. The summed E-state index contributed by atoms with van der Waals surface area (Å²) in [5.41, 5.74) is 3.99.